The number of hydrogen-bond donors (Lipinski definition) is 1. The van der Waals surface area contributed by atoms with E-state index in [0.717, 1.165) is 32.5 Å². The number of piperidine rings is 1. The van der Waals surface area contributed by atoms with Crippen molar-refractivity contribution in [2.24, 2.45) is 5.41 Å². The van der Waals surface area contributed by atoms with Gasteiger partial charge in [-0.3, -0.25) is 4.68 Å². The normalized spacial score (nSPS) is 24.8. The summed E-state index contributed by atoms with van der Waals surface area (Å²) in [5.74, 6) is 0.507. The maximum atomic E-state index is 12.5. The smallest absolute Gasteiger partial charge is 0.317 e. The van der Waals surface area contributed by atoms with Crippen molar-refractivity contribution in [3.8, 4) is 0 Å². The number of nitrogens with one attached hydrogen (secondary N) is 1. The zero-order valence-corrected chi connectivity index (χ0v) is 14.4. The van der Waals surface area contributed by atoms with Crippen molar-refractivity contribution in [1.29, 1.82) is 0 Å². The van der Waals surface area contributed by atoms with E-state index >= 15 is 0 Å². The standard InChI is InChI=1S/C17H28N4O2/c1-4-21-14(5-8-18-21)13-6-9-20(10-7-13)16(22)19-15-11-23-12-17(15,2)3/h5,8,13,15H,4,6-7,9-12H2,1-3H3,(H,19,22). The number of aromatic nitrogens is 2. The minimum atomic E-state index is 0.0155. The first-order valence-electron chi connectivity index (χ1n) is 8.66. The van der Waals surface area contributed by atoms with Crippen LogP contribution in [0.15, 0.2) is 12.3 Å². The van der Waals surface area contributed by atoms with Crippen LogP contribution in [0.4, 0.5) is 4.79 Å². The second-order valence-electron chi connectivity index (χ2n) is 7.34. The van der Waals surface area contributed by atoms with Crippen LogP contribution >= 0.6 is 0 Å². The fourth-order valence-electron chi connectivity index (χ4n) is 3.58. The lowest BCUT2D eigenvalue weighted by Gasteiger charge is -2.34. The lowest BCUT2D eigenvalue weighted by atomic mass is 9.88. The third-order valence-corrected chi connectivity index (χ3v) is 5.25. The van der Waals surface area contributed by atoms with Crippen LogP contribution in [0, 0.1) is 5.41 Å². The van der Waals surface area contributed by atoms with Crippen LogP contribution in [0.3, 0.4) is 0 Å². The average Bonchev–Trinajstić information content (AvgIpc) is 3.14. The number of carbonyl (C=O) groups is 1. The first-order chi connectivity index (χ1) is 11.0. The SMILES string of the molecule is CCn1nccc1C1CCN(C(=O)NC2COCC2(C)C)CC1. The largest absolute Gasteiger partial charge is 0.379 e. The maximum Gasteiger partial charge on any atom is 0.317 e. The number of likely N-dealkylation sites (tertiary alicyclic amines) is 1. The van der Waals surface area contributed by atoms with Crippen LogP contribution < -0.4 is 5.32 Å². The van der Waals surface area contributed by atoms with Gasteiger partial charge in [-0.25, -0.2) is 4.79 Å². The molecule has 1 aromatic heterocycles. The molecule has 1 unspecified atom stereocenters. The zero-order chi connectivity index (χ0) is 16.4. The van der Waals surface area contributed by atoms with Crippen molar-refractivity contribution in [2.45, 2.75) is 52.1 Å². The molecule has 2 fully saturated rings. The van der Waals surface area contributed by atoms with Crippen molar-refractivity contribution in [3.63, 3.8) is 0 Å². The van der Waals surface area contributed by atoms with E-state index in [-0.39, 0.29) is 17.5 Å². The molecule has 2 aliphatic heterocycles. The molecule has 1 N–H and O–H groups in total. The van der Waals surface area contributed by atoms with Gasteiger partial charge in [0.15, 0.2) is 0 Å². The third kappa shape index (κ3) is 3.37. The van der Waals surface area contributed by atoms with Crippen molar-refractivity contribution >= 4 is 6.03 Å². The fourth-order valence-corrected chi connectivity index (χ4v) is 3.58. The van der Waals surface area contributed by atoms with E-state index in [0.29, 0.717) is 19.1 Å². The lowest BCUT2D eigenvalue weighted by Crippen LogP contribution is -2.51. The summed E-state index contributed by atoms with van der Waals surface area (Å²) in [7, 11) is 0. The van der Waals surface area contributed by atoms with E-state index in [4.69, 9.17) is 4.74 Å². The molecule has 0 saturated carbocycles. The number of rotatable bonds is 3. The number of urea groups is 1. The van der Waals surface area contributed by atoms with Crippen LogP contribution in [0.5, 0.6) is 0 Å². The molecule has 0 radical (unpaired) electrons. The number of amides is 2. The monoisotopic (exact) mass is 320 g/mol. The number of nitrogens with zero attached hydrogens (tertiary/aromatic N) is 3. The molecule has 128 valence electrons. The Morgan fingerprint density at radius 2 is 2.17 bits per heavy atom. The number of carbonyl (C=O) groups excluding carboxylic acids is 1. The second kappa shape index (κ2) is 6.51. The Bertz CT molecular complexity index is 547. The quantitative estimate of drug-likeness (QED) is 0.929. The van der Waals surface area contributed by atoms with E-state index in [9.17, 15) is 4.79 Å². The molecule has 1 aromatic rings. The Morgan fingerprint density at radius 3 is 2.78 bits per heavy atom. The molecule has 2 saturated heterocycles. The highest BCUT2D eigenvalue weighted by atomic mass is 16.5. The molecule has 3 heterocycles. The topological polar surface area (TPSA) is 59.4 Å². The van der Waals surface area contributed by atoms with Crippen LogP contribution in [0.25, 0.3) is 0 Å². The van der Waals surface area contributed by atoms with Crippen LogP contribution in [-0.4, -0.2) is 53.1 Å². The summed E-state index contributed by atoms with van der Waals surface area (Å²) < 4.78 is 7.58. The first kappa shape index (κ1) is 16.3. The summed E-state index contributed by atoms with van der Waals surface area (Å²) >= 11 is 0. The molecule has 2 aliphatic rings. The predicted molar refractivity (Wildman–Crippen MR) is 88.4 cm³/mol. The third-order valence-electron chi connectivity index (χ3n) is 5.25. The van der Waals surface area contributed by atoms with Gasteiger partial charge in [0.2, 0.25) is 0 Å². The molecular weight excluding hydrogens is 292 g/mol. The summed E-state index contributed by atoms with van der Waals surface area (Å²) in [4.78, 5) is 14.4. The Hall–Kier alpha value is -1.56. The molecule has 6 heteroatoms. The van der Waals surface area contributed by atoms with E-state index in [2.05, 4.69) is 41.9 Å². The van der Waals surface area contributed by atoms with Gasteiger partial charge < -0.3 is 15.0 Å². The molecule has 0 aliphatic carbocycles. The minimum Gasteiger partial charge on any atom is -0.379 e. The Kier molecular flexibility index (Phi) is 4.62. The van der Waals surface area contributed by atoms with Gasteiger partial charge in [-0.05, 0) is 25.8 Å². The molecule has 0 bridgehead atoms. The van der Waals surface area contributed by atoms with Crippen molar-refractivity contribution in [1.82, 2.24) is 20.0 Å². The van der Waals surface area contributed by atoms with Crippen molar-refractivity contribution in [3.05, 3.63) is 18.0 Å². The summed E-state index contributed by atoms with van der Waals surface area (Å²) in [5, 5.41) is 7.51. The Morgan fingerprint density at radius 1 is 1.43 bits per heavy atom. The number of aryl methyl sites for hydroxylation is 1. The Balaban J connectivity index is 1.53. The van der Waals surface area contributed by atoms with E-state index in [1.807, 2.05) is 11.1 Å². The van der Waals surface area contributed by atoms with E-state index in [1.54, 1.807) is 0 Å². The Labute approximate surface area is 138 Å². The first-order valence-corrected chi connectivity index (χ1v) is 8.66. The fraction of sp³-hybridized carbons (Fsp3) is 0.765. The van der Waals surface area contributed by atoms with Gasteiger partial charge in [0, 0.05) is 42.9 Å². The van der Waals surface area contributed by atoms with Crippen LogP contribution in [0.1, 0.15) is 45.2 Å². The average molecular weight is 320 g/mol. The molecule has 23 heavy (non-hydrogen) atoms. The summed E-state index contributed by atoms with van der Waals surface area (Å²) in [5.41, 5.74) is 1.32. The van der Waals surface area contributed by atoms with Gasteiger partial charge in [-0.15, -0.1) is 0 Å². The molecule has 0 aromatic carbocycles. The summed E-state index contributed by atoms with van der Waals surface area (Å²) in [6, 6.07) is 2.27. The highest BCUT2D eigenvalue weighted by molar-refractivity contribution is 5.74. The molecule has 1 atom stereocenters. The molecule has 0 spiro atoms. The number of ether oxygens (including phenoxy) is 1. The van der Waals surface area contributed by atoms with Gasteiger partial charge in [-0.2, -0.15) is 5.10 Å². The number of hydrogen-bond acceptors (Lipinski definition) is 3. The predicted octanol–water partition coefficient (Wildman–Crippen LogP) is 2.22. The maximum absolute atomic E-state index is 12.5. The molecule has 2 amide bonds. The van der Waals surface area contributed by atoms with Gasteiger partial charge >= 0.3 is 6.03 Å². The second-order valence-corrected chi connectivity index (χ2v) is 7.34. The van der Waals surface area contributed by atoms with Gasteiger partial charge in [0.1, 0.15) is 0 Å². The highest BCUT2D eigenvalue weighted by Crippen LogP contribution is 2.29. The van der Waals surface area contributed by atoms with E-state index < -0.39 is 0 Å². The van der Waals surface area contributed by atoms with Gasteiger partial charge in [0.25, 0.3) is 0 Å². The van der Waals surface area contributed by atoms with Gasteiger partial charge in [-0.1, -0.05) is 13.8 Å². The molecule has 3 rings (SSSR count). The van der Waals surface area contributed by atoms with Gasteiger partial charge in [0.05, 0.1) is 19.3 Å². The summed E-state index contributed by atoms with van der Waals surface area (Å²) in [6.45, 7) is 10.2. The lowest BCUT2D eigenvalue weighted by molar-refractivity contribution is 0.166. The van der Waals surface area contributed by atoms with Crippen molar-refractivity contribution in [2.75, 3.05) is 26.3 Å². The van der Waals surface area contributed by atoms with Crippen LogP contribution in [0.2, 0.25) is 0 Å². The van der Waals surface area contributed by atoms with Crippen LogP contribution in [-0.2, 0) is 11.3 Å². The highest BCUT2D eigenvalue weighted by Gasteiger charge is 2.37. The molecular formula is C17H28N4O2. The minimum absolute atomic E-state index is 0.0155. The van der Waals surface area contributed by atoms with Crippen molar-refractivity contribution < 1.29 is 9.53 Å². The summed E-state index contributed by atoms with van der Waals surface area (Å²) in [6.07, 6.45) is 3.88. The molecule has 6 nitrogen and oxygen atoms in total. The zero-order valence-electron chi connectivity index (χ0n) is 14.4. The van der Waals surface area contributed by atoms with E-state index in [1.165, 1.54) is 5.69 Å².